The van der Waals surface area contributed by atoms with E-state index in [0.29, 0.717) is 37.5 Å². The number of aromatic nitrogens is 4. The molecule has 28 heavy (non-hydrogen) atoms. The van der Waals surface area contributed by atoms with Gasteiger partial charge < -0.3 is 9.51 Å². The third-order valence-electron chi connectivity index (χ3n) is 4.17. The zero-order chi connectivity index (χ0) is 20.2. The maximum absolute atomic E-state index is 13.6. The molecule has 5 nitrogen and oxygen atoms in total. The number of halogens is 4. The molecule has 0 atom stereocenters. The highest BCUT2D eigenvalue weighted by molar-refractivity contribution is 7.18. The number of aryl methyl sites for hydroxylation is 1. The van der Waals surface area contributed by atoms with E-state index < -0.39 is 5.92 Å². The average Bonchev–Trinajstić information content (AvgIpc) is 3.24. The molecular formula is C18H12Cl2F2N4OS. The summed E-state index contributed by atoms with van der Waals surface area (Å²) in [5.41, 5.74) is 1.88. The summed E-state index contributed by atoms with van der Waals surface area (Å²) in [6.45, 7) is 2.56. The van der Waals surface area contributed by atoms with Crippen molar-refractivity contribution in [2.75, 3.05) is 0 Å². The molecule has 3 heterocycles. The number of fused-ring (bicyclic) bond motifs is 1. The first kappa shape index (κ1) is 19.0. The highest BCUT2D eigenvalue weighted by Gasteiger charge is 2.26. The zero-order valence-electron chi connectivity index (χ0n) is 14.5. The molecule has 0 bridgehead atoms. The Morgan fingerprint density at radius 3 is 2.50 bits per heavy atom. The van der Waals surface area contributed by atoms with Crippen molar-refractivity contribution in [3.8, 4) is 27.0 Å². The van der Waals surface area contributed by atoms with Gasteiger partial charge in [0.1, 0.15) is 16.5 Å². The van der Waals surface area contributed by atoms with Crippen LogP contribution < -0.4 is 0 Å². The van der Waals surface area contributed by atoms with E-state index in [0.717, 1.165) is 6.92 Å². The normalized spacial score (nSPS) is 12.1. The van der Waals surface area contributed by atoms with Gasteiger partial charge >= 0.3 is 0 Å². The average molecular weight is 441 g/mol. The smallest absolute Gasteiger partial charge is 0.271 e. The molecule has 0 radical (unpaired) electrons. The minimum atomic E-state index is -3.02. The van der Waals surface area contributed by atoms with Crippen molar-refractivity contribution in [2.45, 2.75) is 19.8 Å². The van der Waals surface area contributed by atoms with E-state index in [4.69, 9.17) is 23.2 Å². The van der Waals surface area contributed by atoms with Crippen molar-refractivity contribution in [3.05, 3.63) is 51.8 Å². The Kier molecular flexibility index (Phi) is 4.52. The number of aromatic hydroxyl groups is 1. The number of phenols is 1. The van der Waals surface area contributed by atoms with Crippen LogP contribution in [0.2, 0.25) is 10.0 Å². The lowest BCUT2D eigenvalue weighted by molar-refractivity contribution is 0.0170. The molecule has 3 aromatic heterocycles. The van der Waals surface area contributed by atoms with E-state index in [9.17, 15) is 13.9 Å². The first-order valence-corrected chi connectivity index (χ1v) is 9.60. The van der Waals surface area contributed by atoms with Crippen LogP contribution in [0, 0.1) is 6.92 Å². The Hall–Kier alpha value is -2.29. The van der Waals surface area contributed by atoms with E-state index in [-0.39, 0.29) is 16.3 Å². The molecule has 0 fully saturated rings. The van der Waals surface area contributed by atoms with Crippen LogP contribution >= 0.6 is 34.5 Å². The fourth-order valence-corrected chi connectivity index (χ4v) is 4.06. The lowest BCUT2D eigenvalue weighted by atomic mass is 10.1. The van der Waals surface area contributed by atoms with Gasteiger partial charge in [0.05, 0.1) is 10.0 Å². The maximum Gasteiger partial charge on any atom is 0.271 e. The van der Waals surface area contributed by atoms with Gasteiger partial charge in [-0.15, -0.1) is 10.2 Å². The molecular weight excluding hydrogens is 429 g/mol. The Morgan fingerprint density at radius 2 is 1.79 bits per heavy atom. The van der Waals surface area contributed by atoms with E-state index in [2.05, 4.69) is 15.2 Å². The molecule has 0 aliphatic carbocycles. The Labute approximate surface area is 172 Å². The summed E-state index contributed by atoms with van der Waals surface area (Å²) in [7, 11) is 0. The summed E-state index contributed by atoms with van der Waals surface area (Å²) in [5.74, 6) is -2.93. The second-order valence-corrected chi connectivity index (χ2v) is 8.14. The quantitative estimate of drug-likeness (QED) is 0.427. The number of phenolic OH excluding ortho intramolecular Hbond substituents is 1. The molecule has 0 saturated heterocycles. The van der Waals surface area contributed by atoms with E-state index in [1.165, 1.54) is 34.1 Å². The summed E-state index contributed by atoms with van der Waals surface area (Å²) in [6.07, 6.45) is 2.87. The van der Waals surface area contributed by atoms with Crippen molar-refractivity contribution >= 4 is 40.2 Å². The topological polar surface area (TPSA) is 63.3 Å². The van der Waals surface area contributed by atoms with Gasteiger partial charge in [0, 0.05) is 30.4 Å². The van der Waals surface area contributed by atoms with Gasteiger partial charge in [-0.25, -0.2) is 13.8 Å². The second-order valence-electron chi connectivity index (χ2n) is 6.35. The molecule has 0 spiro atoms. The number of nitrogens with zero attached hydrogens (tertiary/aromatic N) is 4. The van der Waals surface area contributed by atoms with Crippen LogP contribution in [0.3, 0.4) is 0 Å². The minimum absolute atomic E-state index is 0.0945. The number of benzene rings is 1. The van der Waals surface area contributed by atoms with Gasteiger partial charge in [0.15, 0.2) is 10.7 Å². The van der Waals surface area contributed by atoms with Gasteiger partial charge in [0.25, 0.3) is 5.92 Å². The molecule has 0 saturated carbocycles. The standard InChI is InChI=1S/C18H12Cl2F2N4OS/c1-8-3-10(11(19)5-14(8)27)16-24-25-17(28-16)13-7-26-6-9(18(2,21)22)4-12(20)15(26)23-13/h3-7,27H,1-2H3. The summed E-state index contributed by atoms with van der Waals surface area (Å²) < 4.78 is 28.7. The summed E-state index contributed by atoms with van der Waals surface area (Å²) >= 11 is 13.6. The van der Waals surface area contributed by atoms with Crippen LogP contribution in [0.4, 0.5) is 8.78 Å². The Morgan fingerprint density at radius 1 is 1.07 bits per heavy atom. The zero-order valence-corrected chi connectivity index (χ0v) is 16.9. The monoisotopic (exact) mass is 440 g/mol. The van der Waals surface area contributed by atoms with E-state index in [1.807, 2.05) is 0 Å². The lowest BCUT2D eigenvalue weighted by Crippen LogP contribution is -2.08. The number of hydrogen-bond donors (Lipinski definition) is 1. The van der Waals surface area contributed by atoms with Crippen molar-refractivity contribution in [3.63, 3.8) is 0 Å². The highest BCUT2D eigenvalue weighted by Crippen LogP contribution is 2.37. The highest BCUT2D eigenvalue weighted by atomic mass is 35.5. The van der Waals surface area contributed by atoms with Crippen LogP contribution in [0.5, 0.6) is 5.75 Å². The molecule has 0 amide bonds. The molecule has 0 unspecified atom stereocenters. The van der Waals surface area contributed by atoms with E-state index in [1.54, 1.807) is 19.2 Å². The predicted octanol–water partition coefficient (Wildman–Crippen LogP) is 5.95. The van der Waals surface area contributed by atoms with Crippen LogP contribution in [-0.4, -0.2) is 24.7 Å². The fraction of sp³-hybridized carbons (Fsp3) is 0.167. The fourth-order valence-electron chi connectivity index (χ4n) is 2.67. The molecule has 4 aromatic rings. The van der Waals surface area contributed by atoms with Crippen LogP contribution in [0.25, 0.3) is 26.9 Å². The van der Waals surface area contributed by atoms with Gasteiger partial charge in [-0.1, -0.05) is 34.5 Å². The number of imidazole rings is 1. The summed E-state index contributed by atoms with van der Waals surface area (Å²) in [6, 6.07) is 4.38. The molecule has 144 valence electrons. The van der Waals surface area contributed by atoms with E-state index >= 15 is 0 Å². The number of rotatable bonds is 3. The molecule has 1 N–H and O–H groups in total. The van der Waals surface area contributed by atoms with Gasteiger partial charge in [-0.2, -0.15) is 0 Å². The predicted molar refractivity (Wildman–Crippen MR) is 106 cm³/mol. The molecule has 0 aliphatic rings. The molecule has 1 aromatic carbocycles. The Balaban J connectivity index is 1.78. The second kappa shape index (κ2) is 6.65. The van der Waals surface area contributed by atoms with Crippen molar-refractivity contribution in [1.29, 1.82) is 0 Å². The van der Waals surface area contributed by atoms with Gasteiger partial charge in [0.2, 0.25) is 0 Å². The van der Waals surface area contributed by atoms with Crippen molar-refractivity contribution < 1.29 is 13.9 Å². The largest absolute Gasteiger partial charge is 0.508 e. The van der Waals surface area contributed by atoms with Gasteiger partial charge in [-0.05, 0) is 30.7 Å². The first-order chi connectivity index (χ1) is 13.1. The SMILES string of the molecule is Cc1cc(-c2nnc(-c3cn4cc(C(C)(F)F)cc(Cl)c4n3)s2)c(Cl)cc1O. The molecule has 10 heteroatoms. The van der Waals surface area contributed by atoms with Crippen LogP contribution in [0.15, 0.2) is 30.6 Å². The maximum atomic E-state index is 13.6. The van der Waals surface area contributed by atoms with Crippen molar-refractivity contribution in [1.82, 2.24) is 19.6 Å². The minimum Gasteiger partial charge on any atom is -0.508 e. The molecule has 0 aliphatic heterocycles. The number of alkyl halides is 2. The number of hydrogen-bond acceptors (Lipinski definition) is 5. The number of pyridine rings is 1. The van der Waals surface area contributed by atoms with Crippen LogP contribution in [0.1, 0.15) is 18.1 Å². The van der Waals surface area contributed by atoms with Crippen molar-refractivity contribution in [2.24, 2.45) is 0 Å². The van der Waals surface area contributed by atoms with Gasteiger partial charge in [-0.3, -0.25) is 0 Å². The molecule has 4 rings (SSSR count). The lowest BCUT2D eigenvalue weighted by Gasteiger charge is -2.11. The van der Waals surface area contributed by atoms with Crippen LogP contribution in [-0.2, 0) is 5.92 Å². The summed E-state index contributed by atoms with van der Waals surface area (Å²) in [4.78, 5) is 4.39. The Bertz CT molecular complexity index is 1220. The third kappa shape index (κ3) is 3.32. The third-order valence-corrected chi connectivity index (χ3v) is 5.74. The first-order valence-electron chi connectivity index (χ1n) is 8.03. The summed E-state index contributed by atoms with van der Waals surface area (Å²) in [5, 5.41) is 19.5.